The Balaban J connectivity index is 1.67. The van der Waals surface area contributed by atoms with Crippen molar-refractivity contribution < 1.29 is 24.2 Å². The molecule has 1 aromatic heterocycles. The Kier molecular flexibility index (Phi) is 5.53. The summed E-state index contributed by atoms with van der Waals surface area (Å²) in [4.78, 5) is 29.6. The first-order chi connectivity index (χ1) is 12.1. The predicted molar refractivity (Wildman–Crippen MR) is 89.6 cm³/mol. The van der Waals surface area contributed by atoms with E-state index in [0.717, 1.165) is 12.8 Å². The zero-order chi connectivity index (χ0) is 17.8. The van der Waals surface area contributed by atoms with Gasteiger partial charge < -0.3 is 19.5 Å². The number of carboxylic acid groups (broad SMARTS) is 1. The number of carbonyl (C=O) groups is 2. The van der Waals surface area contributed by atoms with Gasteiger partial charge in [-0.3, -0.25) is 9.59 Å². The van der Waals surface area contributed by atoms with Gasteiger partial charge in [0.05, 0.1) is 18.1 Å². The van der Waals surface area contributed by atoms with Gasteiger partial charge in [0.2, 0.25) is 5.88 Å². The fourth-order valence-electron chi connectivity index (χ4n) is 3.61. The van der Waals surface area contributed by atoms with Crippen molar-refractivity contribution >= 4 is 11.9 Å². The Bertz CT molecular complexity index is 612. The largest absolute Gasteiger partial charge is 0.481 e. The zero-order valence-corrected chi connectivity index (χ0v) is 14.4. The van der Waals surface area contributed by atoms with E-state index in [-0.39, 0.29) is 30.6 Å². The lowest BCUT2D eigenvalue weighted by Gasteiger charge is -2.23. The summed E-state index contributed by atoms with van der Waals surface area (Å²) in [6, 6.07) is 3.04. The molecule has 136 valence electrons. The molecule has 1 aliphatic carbocycles. The van der Waals surface area contributed by atoms with Crippen molar-refractivity contribution in [3.8, 4) is 5.88 Å². The van der Waals surface area contributed by atoms with E-state index >= 15 is 0 Å². The van der Waals surface area contributed by atoms with Gasteiger partial charge >= 0.3 is 5.97 Å². The third kappa shape index (κ3) is 4.28. The van der Waals surface area contributed by atoms with Crippen LogP contribution in [0, 0.1) is 0 Å². The van der Waals surface area contributed by atoms with Gasteiger partial charge in [0.15, 0.2) is 0 Å². The molecule has 0 aromatic carbocycles. The Hall–Kier alpha value is -2.15. The second-order valence-electron chi connectivity index (χ2n) is 6.71. The average Bonchev–Trinajstić information content (AvgIpc) is 3.24. The van der Waals surface area contributed by atoms with Gasteiger partial charge in [-0.1, -0.05) is 0 Å². The predicted octanol–water partition coefficient (Wildman–Crippen LogP) is 2.11. The monoisotopic (exact) mass is 348 g/mol. The topological polar surface area (TPSA) is 89.0 Å². The maximum atomic E-state index is 12.8. The SMILES string of the molecule is COC1CC(CC(=O)O)N(C(=O)c2ccc(OC3CCCC3)nc2)C1. The van der Waals surface area contributed by atoms with Crippen LogP contribution >= 0.6 is 0 Å². The summed E-state index contributed by atoms with van der Waals surface area (Å²) in [5.41, 5.74) is 0.436. The molecule has 1 aliphatic heterocycles. The molecule has 25 heavy (non-hydrogen) atoms. The Morgan fingerprint density at radius 1 is 1.28 bits per heavy atom. The van der Waals surface area contributed by atoms with Crippen LogP contribution in [0.4, 0.5) is 0 Å². The second-order valence-corrected chi connectivity index (χ2v) is 6.71. The fourth-order valence-corrected chi connectivity index (χ4v) is 3.61. The first kappa shape index (κ1) is 17.7. The molecule has 0 radical (unpaired) electrons. The van der Waals surface area contributed by atoms with Crippen molar-refractivity contribution in [2.24, 2.45) is 0 Å². The van der Waals surface area contributed by atoms with E-state index in [2.05, 4.69) is 4.98 Å². The van der Waals surface area contributed by atoms with Crippen LogP contribution in [0.15, 0.2) is 18.3 Å². The molecule has 3 rings (SSSR count). The first-order valence-corrected chi connectivity index (χ1v) is 8.75. The zero-order valence-electron chi connectivity index (χ0n) is 14.4. The third-order valence-electron chi connectivity index (χ3n) is 4.95. The fraction of sp³-hybridized carbons (Fsp3) is 0.611. The molecule has 2 heterocycles. The Morgan fingerprint density at radius 2 is 2.04 bits per heavy atom. The number of pyridine rings is 1. The van der Waals surface area contributed by atoms with E-state index in [1.165, 1.54) is 19.0 Å². The quantitative estimate of drug-likeness (QED) is 0.847. The molecule has 2 atom stereocenters. The summed E-state index contributed by atoms with van der Waals surface area (Å²) in [6.07, 6.45) is 6.50. The molecule has 2 aliphatic rings. The molecule has 1 saturated carbocycles. The highest BCUT2D eigenvalue weighted by Crippen LogP contribution is 2.26. The molecule has 1 aromatic rings. The Morgan fingerprint density at radius 3 is 2.64 bits per heavy atom. The van der Waals surface area contributed by atoms with E-state index in [1.807, 2.05) is 0 Å². The van der Waals surface area contributed by atoms with Crippen molar-refractivity contribution in [2.75, 3.05) is 13.7 Å². The number of hydrogen-bond acceptors (Lipinski definition) is 5. The summed E-state index contributed by atoms with van der Waals surface area (Å²) >= 11 is 0. The van der Waals surface area contributed by atoms with Gasteiger partial charge in [0.1, 0.15) is 6.10 Å². The molecule has 2 fully saturated rings. The highest BCUT2D eigenvalue weighted by Gasteiger charge is 2.37. The summed E-state index contributed by atoms with van der Waals surface area (Å²) < 4.78 is 11.1. The van der Waals surface area contributed by atoms with Crippen molar-refractivity contribution in [3.05, 3.63) is 23.9 Å². The lowest BCUT2D eigenvalue weighted by molar-refractivity contribution is -0.137. The standard InChI is InChI=1S/C18H24N2O5/c1-24-15-8-13(9-17(21)22)20(11-15)18(23)12-6-7-16(19-10-12)25-14-4-2-3-5-14/h6-7,10,13-15H,2-5,8-9,11H2,1H3,(H,21,22). The summed E-state index contributed by atoms with van der Waals surface area (Å²) in [7, 11) is 1.58. The average molecular weight is 348 g/mol. The van der Waals surface area contributed by atoms with Gasteiger partial charge in [-0.05, 0) is 38.2 Å². The van der Waals surface area contributed by atoms with Gasteiger partial charge in [0.25, 0.3) is 5.91 Å². The third-order valence-corrected chi connectivity index (χ3v) is 4.95. The minimum absolute atomic E-state index is 0.0814. The van der Waals surface area contributed by atoms with Crippen LogP contribution < -0.4 is 4.74 Å². The van der Waals surface area contributed by atoms with Crippen LogP contribution in [-0.4, -0.2) is 58.8 Å². The van der Waals surface area contributed by atoms with E-state index in [9.17, 15) is 9.59 Å². The number of hydrogen-bond donors (Lipinski definition) is 1. The number of aromatic nitrogens is 1. The molecule has 2 unspecified atom stereocenters. The van der Waals surface area contributed by atoms with Gasteiger partial charge in [-0.15, -0.1) is 0 Å². The van der Waals surface area contributed by atoms with Crippen molar-refractivity contribution in [2.45, 2.75) is 56.8 Å². The number of carboxylic acids is 1. The van der Waals surface area contributed by atoms with Gasteiger partial charge in [0, 0.05) is 32.0 Å². The molecule has 7 nitrogen and oxygen atoms in total. The number of ether oxygens (including phenoxy) is 2. The normalized spacial score (nSPS) is 23.8. The lowest BCUT2D eigenvalue weighted by Crippen LogP contribution is -2.37. The minimum atomic E-state index is -0.919. The molecule has 0 bridgehead atoms. The molecule has 0 spiro atoms. The number of carbonyl (C=O) groups excluding carboxylic acids is 1. The van der Waals surface area contributed by atoms with E-state index in [4.69, 9.17) is 14.6 Å². The van der Waals surface area contributed by atoms with Crippen LogP contribution in [0.1, 0.15) is 48.9 Å². The maximum Gasteiger partial charge on any atom is 0.305 e. The van der Waals surface area contributed by atoms with Crippen LogP contribution in [-0.2, 0) is 9.53 Å². The molecular weight excluding hydrogens is 324 g/mol. The molecule has 1 amide bonds. The highest BCUT2D eigenvalue weighted by molar-refractivity contribution is 5.94. The number of nitrogens with zero attached hydrogens (tertiary/aromatic N) is 2. The molecule has 1 saturated heterocycles. The second kappa shape index (κ2) is 7.82. The van der Waals surface area contributed by atoms with E-state index < -0.39 is 5.97 Å². The minimum Gasteiger partial charge on any atom is -0.481 e. The highest BCUT2D eigenvalue weighted by atomic mass is 16.5. The van der Waals surface area contributed by atoms with Crippen LogP contribution in [0.2, 0.25) is 0 Å². The number of likely N-dealkylation sites (tertiary alicyclic amines) is 1. The van der Waals surface area contributed by atoms with Crippen LogP contribution in [0.25, 0.3) is 0 Å². The van der Waals surface area contributed by atoms with E-state index in [0.29, 0.717) is 24.4 Å². The smallest absolute Gasteiger partial charge is 0.305 e. The van der Waals surface area contributed by atoms with Crippen molar-refractivity contribution in [1.29, 1.82) is 0 Å². The summed E-state index contributed by atoms with van der Waals surface area (Å²) in [6.45, 7) is 0.396. The molecular formula is C18H24N2O5. The Labute approximate surface area is 146 Å². The summed E-state index contributed by atoms with van der Waals surface area (Å²) in [5.74, 6) is -0.606. The van der Waals surface area contributed by atoms with Crippen LogP contribution in [0.3, 0.4) is 0 Å². The van der Waals surface area contributed by atoms with Gasteiger partial charge in [-0.25, -0.2) is 4.98 Å². The number of aliphatic carboxylic acids is 1. The van der Waals surface area contributed by atoms with Crippen molar-refractivity contribution in [1.82, 2.24) is 9.88 Å². The number of amides is 1. The number of methoxy groups -OCH3 is 1. The number of rotatable bonds is 6. The summed E-state index contributed by atoms with van der Waals surface area (Å²) in [5, 5.41) is 9.07. The first-order valence-electron chi connectivity index (χ1n) is 8.75. The molecule has 1 N–H and O–H groups in total. The van der Waals surface area contributed by atoms with Crippen molar-refractivity contribution in [3.63, 3.8) is 0 Å². The lowest BCUT2D eigenvalue weighted by atomic mass is 10.1. The van der Waals surface area contributed by atoms with Crippen LogP contribution in [0.5, 0.6) is 5.88 Å². The maximum absolute atomic E-state index is 12.8. The van der Waals surface area contributed by atoms with E-state index in [1.54, 1.807) is 24.1 Å². The van der Waals surface area contributed by atoms with Gasteiger partial charge in [-0.2, -0.15) is 0 Å². The molecule has 7 heteroatoms.